The number of ketones is 3. The van der Waals surface area contributed by atoms with E-state index < -0.39 is 6.10 Å². The fourth-order valence-corrected chi connectivity index (χ4v) is 19.0. The fourth-order valence-electron chi connectivity index (χ4n) is 15.9. The second-order valence-corrected chi connectivity index (χ2v) is 23.9. The third-order valence-electron chi connectivity index (χ3n) is 18.9. The summed E-state index contributed by atoms with van der Waals surface area (Å²) < 4.78 is 0. The van der Waals surface area contributed by atoms with Gasteiger partial charge in [0.2, 0.25) is 5.78 Å². The van der Waals surface area contributed by atoms with Crippen LogP contribution in [-0.2, 0) is 25.8 Å². The zero-order chi connectivity index (χ0) is 42.7. The lowest BCUT2D eigenvalue weighted by molar-refractivity contribution is -0.123. The van der Waals surface area contributed by atoms with Gasteiger partial charge >= 0.3 is 0 Å². The van der Waals surface area contributed by atoms with Gasteiger partial charge in [0.05, 0.1) is 11.4 Å². The van der Waals surface area contributed by atoms with Gasteiger partial charge in [-0.05, 0) is 126 Å². The Hall–Kier alpha value is -4.11. The predicted octanol–water partition coefficient (Wildman–Crippen LogP) is 13.1. The van der Waals surface area contributed by atoms with Crippen LogP contribution in [0.15, 0.2) is 57.8 Å². The maximum atomic E-state index is 14.4. The van der Waals surface area contributed by atoms with E-state index in [2.05, 4.69) is 12.2 Å². The van der Waals surface area contributed by atoms with E-state index in [4.69, 9.17) is 9.98 Å². The predicted molar refractivity (Wildman–Crippen MR) is 257 cm³/mol. The van der Waals surface area contributed by atoms with Gasteiger partial charge in [-0.3, -0.25) is 14.4 Å². The second-order valence-electron chi connectivity index (χ2n) is 21.8. The molecule has 10 aliphatic carbocycles. The molecule has 0 bridgehead atoms. The zero-order valence-electron chi connectivity index (χ0n) is 36.7. The van der Waals surface area contributed by atoms with E-state index in [-0.39, 0.29) is 56.9 Å². The standard InChI is InChI=1S/C56H56N2O4S2/c59-48-34-24-30-14-4-5-15-31(30)25-35(34)49(60)46(48)57-40-28-38-42(54(40)18-8-1-9-19-54)44-52(63-38)53-45(56(44)22-12-3-13-23-56)43-39(64-53)29-41(55(43)20-10-2-11-21-55)58-47-50(61)36-26-32-16-6-7-17-33(32)27-37(36)51(47)62/h4-5,14-15,24-25,28-29,32-33,36-37,48,59H,1-3,6-13,16-23,26-27H2. The highest BCUT2D eigenvalue weighted by atomic mass is 32.1. The monoisotopic (exact) mass is 884 g/mol. The highest BCUT2D eigenvalue weighted by Crippen LogP contribution is 2.71. The molecule has 4 aromatic rings. The molecule has 0 saturated heterocycles. The number of carbonyl (C=O) groups excluding carboxylic acids is 3. The molecular weight excluding hydrogens is 829 g/mol. The number of nitrogens with zero attached hydrogens (tertiary/aromatic N) is 2. The third kappa shape index (κ3) is 5.09. The Labute approximate surface area is 383 Å². The second kappa shape index (κ2) is 14.0. The summed E-state index contributed by atoms with van der Waals surface area (Å²) in [5, 5.41) is 13.9. The van der Waals surface area contributed by atoms with Crippen molar-refractivity contribution >= 4 is 74.4 Å². The summed E-state index contributed by atoms with van der Waals surface area (Å²) in [6.45, 7) is 0. The van der Waals surface area contributed by atoms with Gasteiger partial charge in [0, 0.05) is 53.2 Å². The molecule has 0 radical (unpaired) electrons. The van der Waals surface area contributed by atoms with Gasteiger partial charge in [0.15, 0.2) is 11.6 Å². The molecule has 326 valence electrons. The van der Waals surface area contributed by atoms with Crippen LogP contribution in [0.3, 0.4) is 0 Å². The van der Waals surface area contributed by atoms with Gasteiger partial charge < -0.3 is 5.11 Å². The van der Waals surface area contributed by atoms with Gasteiger partial charge in [-0.1, -0.05) is 108 Å². The lowest BCUT2D eigenvalue weighted by atomic mass is 9.59. The van der Waals surface area contributed by atoms with Crippen molar-refractivity contribution in [2.24, 2.45) is 33.7 Å². The lowest BCUT2D eigenvalue weighted by Gasteiger charge is -2.44. The topological polar surface area (TPSA) is 96.2 Å². The van der Waals surface area contributed by atoms with Crippen LogP contribution in [0.5, 0.6) is 0 Å². The van der Waals surface area contributed by atoms with Crippen LogP contribution in [0.4, 0.5) is 0 Å². The number of hydrogen-bond donors (Lipinski definition) is 1. The average Bonchev–Trinajstić information content (AvgIpc) is 4.16. The van der Waals surface area contributed by atoms with Crippen molar-refractivity contribution in [3.63, 3.8) is 0 Å². The molecule has 5 atom stereocenters. The Morgan fingerprint density at radius 2 is 1.05 bits per heavy atom. The summed E-state index contributed by atoms with van der Waals surface area (Å²) in [6, 6.07) is 12.0. The number of aliphatic imine (C=N–C) groups is 2. The maximum Gasteiger partial charge on any atom is 0.210 e. The van der Waals surface area contributed by atoms with E-state index in [9.17, 15) is 19.5 Å². The summed E-state index contributed by atoms with van der Waals surface area (Å²) in [7, 11) is 0. The molecule has 1 N–H and O–H groups in total. The van der Waals surface area contributed by atoms with E-state index in [0.717, 1.165) is 99.2 Å². The molecule has 8 heteroatoms. The fraction of sp³-hybridized carbons (Fsp3) is 0.518. The van der Waals surface area contributed by atoms with Crippen LogP contribution < -0.4 is 0 Å². The van der Waals surface area contributed by atoms with E-state index in [0.29, 0.717) is 23.0 Å². The van der Waals surface area contributed by atoms with Crippen molar-refractivity contribution < 1.29 is 19.5 Å². The summed E-state index contributed by atoms with van der Waals surface area (Å²) in [5.41, 5.74) is 9.24. The smallest absolute Gasteiger partial charge is 0.210 e. The first-order valence-corrected chi connectivity index (χ1v) is 26.7. The number of carbonyl (C=O) groups is 3. The Balaban J connectivity index is 0.891. The summed E-state index contributed by atoms with van der Waals surface area (Å²) in [6.07, 6.45) is 27.2. The van der Waals surface area contributed by atoms with Crippen molar-refractivity contribution in [2.75, 3.05) is 0 Å². The van der Waals surface area contributed by atoms with Gasteiger partial charge in [0.25, 0.3) is 0 Å². The SMILES string of the molecule is O=C1C(=NC2=Cc3sc4c(c3C23CCCCC3)C2(CCCCC2)c2c-4sc3c2C2(CCCCC2)C(N=C2C(=O)C4CC5CCCCC5CC4C2=O)=C3)C(O)c2cc3ccccc3cc21. The first-order valence-electron chi connectivity index (χ1n) is 25.1. The zero-order valence-corrected chi connectivity index (χ0v) is 38.4. The van der Waals surface area contributed by atoms with Gasteiger partial charge in [-0.15, -0.1) is 22.7 Å². The molecule has 0 aliphatic heterocycles. The molecule has 10 aliphatic rings. The van der Waals surface area contributed by atoms with Crippen LogP contribution in [-0.4, -0.2) is 33.9 Å². The maximum absolute atomic E-state index is 14.4. The molecule has 6 saturated carbocycles. The Morgan fingerprint density at radius 1 is 0.562 bits per heavy atom. The molecule has 2 aromatic carbocycles. The quantitative estimate of drug-likeness (QED) is 0.217. The van der Waals surface area contributed by atoms with Gasteiger partial charge in [0.1, 0.15) is 17.5 Å². The molecule has 2 aromatic heterocycles. The molecule has 3 spiro atoms. The summed E-state index contributed by atoms with van der Waals surface area (Å²) in [5.74, 6) is 0.780. The van der Waals surface area contributed by atoms with Crippen molar-refractivity contribution in [1.82, 2.24) is 0 Å². The Morgan fingerprint density at radius 3 is 1.58 bits per heavy atom. The number of hydrogen-bond acceptors (Lipinski definition) is 8. The number of aliphatic hydroxyl groups excluding tert-OH is 1. The number of benzene rings is 2. The van der Waals surface area contributed by atoms with Crippen LogP contribution in [0.25, 0.3) is 32.7 Å². The van der Waals surface area contributed by atoms with Crippen molar-refractivity contribution in [3.8, 4) is 9.75 Å². The highest BCUT2D eigenvalue weighted by Gasteiger charge is 2.60. The Kier molecular flexibility index (Phi) is 8.53. The number of thiophene rings is 2. The first kappa shape index (κ1) is 39.1. The van der Waals surface area contributed by atoms with E-state index >= 15 is 0 Å². The van der Waals surface area contributed by atoms with Crippen molar-refractivity contribution in [1.29, 1.82) is 0 Å². The van der Waals surface area contributed by atoms with Crippen LogP contribution >= 0.6 is 22.7 Å². The average molecular weight is 885 g/mol. The molecule has 2 heterocycles. The largest absolute Gasteiger partial charge is 0.382 e. The van der Waals surface area contributed by atoms with Crippen molar-refractivity contribution in [2.45, 2.75) is 157 Å². The lowest BCUT2D eigenvalue weighted by Crippen LogP contribution is -2.38. The van der Waals surface area contributed by atoms with Gasteiger partial charge in [-0.2, -0.15) is 0 Å². The molecule has 6 fully saturated rings. The van der Waals surface area contributed by atoms with Gasteiger partial charge in [-0.25, -0.2) is 9.98 Å². The number of Topliss-reactive ketones (excluding diaryl/α,β-unsaturated/α-hetero) is 3. The molecule has 64 heavy (non-hydrogen) atoms. The highest BCUT2D eigenvalue weighted by molar-refractivity contribution is 7.23. The molecule has 5 unspecified atom stereocenters. The third-order valence-corrected chi connectivity index (χ3v) is 21.3. The number of rotatable bonds is 2. The number of allylic oxidation sites excluding steroid dienone is 2. The number of aliphatic hydroxyl groups is 1. The summed E-state index contributed by atoms with van der Waals surface area (Å²) in [4.78, 5) is 59.3. The van der Waals surface area contributed by atoms with E-state index in [1.807, 2.05) is 59.1 Å². The normalized spacial score (nSPS) is 30.7. The minimum Gasteiger partial charge on any atom is -0.382 e. The van der Waals surface area contributed by atoms with Crippen molar-refractivity contribution in [3.05, 3.63) is 90.9 Å². The minimum atomic E-state index is -1.04. The van der Waals surface area contributed by atoms with Crippen LogP contribution in [0, 0.1) is 23.7 Å². The minimum absolute atomic E-state index is 0.0432. The Bertz CT molecular complexity index is 2870. The molecular formula is C56H56N2O4S2. The molecule has 6 nitrogen and oxygen atoms in total. The first-order chi connectivity index (χ1) is 31.3. The van der Waals surface area contributed by atoms with Crippen LogP contribution in [0.1, 0.15) is 189 Å². The molecule has 14 rings (SSSR count). The van der Waals surface area contributed by atoms with Crippen LogP contribution in [0.2, 0.25) is 0 Å². The number of fused-ring (bicyclic) bond motifs is 15. The van der Waals surface area contributed by atoms with E-state index in [1.54, 1.807) is 11.1 Å². The van der Waals surface area contributed by atoms with E-state index in [1.165, 1.54) is 88.4 Å². The molecule has 0 amide bonds. The summed E-state index contributed by atoms with van der Waals surface area (Å²) >= 11 is 3.93.